The Morgan fingerprint density at radius 2 is 1.90 bits per heavy atom. The Labute approximate surface area is 65.2 Å². The molecule has 1 radical (unpaired) electrons. The second-order valence-corrected chi connectivity index (χ2v) is 3.02. The zero-order chi connectivity index (χ0) is 7.82. The summed E-state index contributed by atoms with van der Waals surface area (Å²) in [6, 6.07) is 0.639. The highest BCUT2D eigenvalue weighted by atomic mass is 14.9. The van der Waals surface area contributed by atoms with E-state index in [-0.39, 0.29) is 0 Å². The van der Waals surface area contributed by atoms with Crippen LogP contribution < -0.4 is 5.32 Å². The van der Waals surface area contributed by atoms with E-state index in [1.807, 2.05) is 0 Å². The minimum absolute atomic E-state index is 0.639. The molecule has 0 aromatic heterocycles. The van der Waals surface area contributed by atoms with Crippen LogP contribution in [0.15, 0.2) is 0 Å². The Morgan fingerprint density at radius 3 is 2.40 bits per heavy atom. The first kappa shape index (κ1) is 9.96. The molecule has 0 aliphatic carbocycles. The van der Waals surface area contributed by atoms with Crippen molar-refractivity contribution in [2.45, 2.75) is 45.6 Å². The van der Waals surface area contributed by atoms with E-state index in [0.717, 1.165) is 13.0 Å². The molecular weight excluding hydrogens is 122 g/mol. The van der Waals surface area contributed by atoms with Gasteiger partial charge in [-0.1, -0.05) is 40.0 Å². The van der Waals surface area contributed by atoms with Crippen LogP contribution in [0, 0.1) is 6.92 Å². The monoisotopic (exact) mass is 142 g/mol. The van der Waals surface area contributed by atoms with E-state index >= 15 is 0 Å². The fourth-order valence-corrected chi connectivity index (χ4v) is 0.869. The molecule has 0 unspecified atom stereocenters. The van der Waals surface area contributed by atoms with Gasteiger partial charge in [-0.3, -0.25) is 0 Å². The van der Waals surface area contributed by atoms with Crippen LogP contribution in [0.25, 0.3) is 0 Å². The molecule has 0 bridgehead atoms. The molecule has 1 nitrogen and oxygen atoms in total. The maximum atomic E-state index is 3.80. The summed E-state index contributed by atoms with van der Waals surface area (Å²) in [6.07, 6.45) is 4.98. The predicted molar refractivity (Wildman–Crippen MR) is 47.0 cm³/mol. The van der Waals surface area contributed by atoms with Crippen molar-refractivity contribution < 1.29 is 0 Å². The van der Waals surface area contributed by atoms with E-state index in [4.69, 9.17) is 0 Å². The van der Waals surface area contributed by atoms with Crippen molar-refractivity contribution >= 4 is 0 Å². The van der Waals surface area contributed by atoms with Crippen LogP contribution >= 0.6 is 0 Å². The third-order valence-electron chi connectivity index (χ3n) is 1.48. The smallest absolute Gasteiger partial charge is 0.00103 e. The molecule has 0 heterocycles. The molecule has 0 rings (SSSR count). The molecule has 0 saturated carbocycles. The third kappa shape index (κ3) is 7.96. The molecule has 0 aliphatic rings. The molecule has 10 heavy (non-hydrogen) atoms. The van der Waals surface area contributed by atoms with Gasteiger partial charge < -0.3 is 5.32 Å². The van der Waals surface area contributed by atoms with Crippen LogP contribution in [-0.2, 0) is 0 Å². The lowest BCUT2D eigenvalue weighted by molar-refractivity contribution is 0.549. The average molecular weight is 142 g/mol. The van der Waals surface area contributed by atoms with Gasteiger partial charge in [0.2, 0.25) is 0 Å². The van der Waals surface area contributed by atoms with Gasteiger partial charge in [0.15, 0.2) is 0 Å². The van der Waals surface area contributed by atoms with Gasteiger partial charge >= 0.3 is 0 Å². The van der Waals surface area contributed by atoms with Crippen molar-refractivity contribution in [1.29, 1.82) is 0 Å². The van der Waals surface area contributed by atoms with Crippen LogP contribution in [0.3, 0.4) is 0 Å². The van der Waals surface area contributed by atoms with Gasteiger partial charge in [0.25, 0.3) is 0 Å². The van der Waals surface area contributed by atoms with Crippen LogP contribution in [0.1, 0.15) is 39.5 Å². The van der Waals surface area contributed by atoms with E-state index in [9.17, 15) is 0 Å². The van der Waals surface area contributed by atoms with Crippen LogP contribution in [0.4, 0.5) is 0 Å². The van der Waals surface area contributed by atoms with Crippen molar-refractivity contribution in [2.75, 3.05) is 6.54 Å². The molecule has 0 aliphatic heterocycles. The Morgan fingerprint density at radius 1 is 1.20 bits per heavy atom. The highest BCUT2D eigenvalue weighted by Crippen LogP contribution is 1.96. The zero-order valence-electron chi connectivity index (χ0n) is 7.32. The molecule has 0 amide bonds. The minimum Gasteiger partial charge on any atom is -0.315 e. The quantitative estimate of drug-likeness (QED) is 0.561. The minimum atomic E-state index is 0.639. The largest absolute Gasteiger partial charge is 0.315 e. The molecular formula is C9H20N. The van der Waals surface area contributed by atoms with Crippen LogP contribution in [0.5, 0.6) is 0 Å². The highest BCUT2D eigenvalue weighted by Gasteiger charge is 1.90. The summed E-state index contributed by atoms with van der Waals surface area (Å²) >= 11 is 0. The third-order valence-corrected chi connectivity index (χ3v) is 1.48. The van der Waals surface area contributed by atoms with Gasteiger partial charge in [-0.25, -0.2) is 0 Å². The summed E-state index contributed by atoms with van der Waals surface area (Å²) in [7, 11) is 0. The Balaban J connectivity index is 2.77. The van der Waals surface area contributed by atoms with E-state index in [1.54, 1.807) is 0 Å². The second-order valence-electron chi connectivity index (χ2n) is 3.02. The number of rotatable bonds is 6. The Kier molecular flexibility index (Phi) is 7.04. The first-order valence-electron chi connectivity index (χ1n) is 4.30. The predicted octanol–water partition coefficient (Wildman–Crippen LogP) is 2.38. The molecule has 61 valence electrons. The van der Waals surface area contributed by atoms with Crippen molar-refractivity contribution in [3.63, 3.8) is 0 Å². The maximum absolute atomic E-state index is 3.80. The van der Waals surface area contributed by atoms with E-state index in [2.05, 4.69) is 26.1 Å². The van der Waals surface area contributed by atoms with E-state index in [1.165, 1.54) is 19.3 Å². The number of nitrogens with one attached hydrogen (secondary N) is 1. The van der Waals surface area contributed by atoms with Crippen molar-refractivity contribution in [1.82, 2.24) is 5.32 Å². The first-order chi connectivity index (χ1) is 4.77. The maximum Gasteiger partial charge on any atom is 0.00103 e. The molecule has 0 saturated heterocycles. The van der Waals surface area contributed by atoms with Crippen molar-refractivity contribution in [3.8, 4) is 0 Å². The summed E-state index contributed by atoms with van der Waals surface area (Å²) in [6.45, 7) is 9.33. The number of unbranched alkanes of at least 4 members (excludes halogenated alkanes) is 3. The fraction of sp³-hybridized carbons (Fsp3) is 0.889. The van der Waals surface area contributed by atoms with Gasteiger partial charge in [-0.05, 0) is 13.0 Å². The van der Waals surface area contributed by atoms with Crippen LogP contribution in [-0.4, -0.2) is 12.6 Å². The lowest BCUT2D eigenvalue weighted by Crippen LogP contribution is -2.23. The Bertz CT molecular complexity index is 59.7. The van der Waals surface area contributed by atoms with Gasteiger partial charge in [0.1, 0.15) is 0 Å². The molecule has 0 aromatic rings. The van der Waals surface area contributed by atoms with Gasteiger partial charge in [-0.2, -0.15) is 0 Å². The normalized spacial score (nSPS) is 10.8. The standard InChI is InChI=1S/C9H20N/c1-4-5-6-7-8-10-9(2)3/h9-10H,1,4-8H2,2-3H3. The molecule has 1 N–H and O–H groups in total. The fourth-order valence-electron chi connectivity index (χ4n) is 0.869. The first-order valence-corrected chi connectivity index (χ1v) is 4.30. The molecule has 0 aromatic carbocycles. The number of hydrogen-bond acceptors (Lipinski definition) is 1. The van der Waals surface area contributed by atoms with Crippen molar-refractivity contribution in [3.05, 3.63) is 6.92 Å². The topological polar surface area (TPSA) is 12.0 Å². The zero-order valence-corrected chi connectivity index (χ0v) is 7.32. The summed E-state index contributed by atoms with van der Waals surface area (Å²) in [5, 5.41) is 3.38. The number of hydrogen-bond donors (Lipinski definition) is 1. The van der Waals surface area contributed by atoms with E-state index < -0.39 is 0 Å². The summed E-state index contributed by atoms with van der Waals surface area (Å²) in [4.78, 5) is 0. The Hall–Kier alpha value is -0.0400. The average Bonchev–Trinajstić information content (AvgIpc) is 1.87. The van der Waals surface area contributed by atoms with Crippen LogP contribution in [0.2, 0.25) is 0 Å². The highest BCUT2D eigenvalue weighted by molar-refractivity contribution is 4.53. The van der Waals surface area contributed by atoms with Gasteiger partial charge in [0.05, 0.1) is 0 Å². The molecule has 1 heteroatoms. The van der Waals surface area contributed by atoms with Crippen molar-refractivity contribution in [2.24, 2.45) is 0 Å². The molecule has 0 fully saturated rings. The summed E-state index contributed by atoms with van der Waals surface area (Å²) < 4.78 is 0. The van der Waals surface area contributed by atoms with Gasteiger partial charge in [0, 0.05) is 6.04 Å². The van der Waals surface area contributed by atoms with Gasteiger partial charge in [-0.15, -0.1) is 0 Å². The SMILES string of the molecule is [CH2]CCCCCNC(C)C. The molecule has 0 spiro atoms. The second kappa shape index (κ2) is 7.07. The van der Waals surface area contributed by atoms with E-state index in [0.29, 0.717) is 6.04 Å². The lowest BCUT2D eigenvalue weighted by atomic mass is 10.2. The lowest BCUT2D eigenvalue weighted by Gasteiger charge is -2.06. The molecule has 0 atom stereocenters. The summed E-state index contributed by atoms with van der Waals surface area (Å²) in [5.41, 5.74) is 0. The summed E-state index contributed by atoms with van der Waals surface area (Å²) in [5.74, 6) is 0.